The molecule has 3 aromatic heterocycles. The first kappa shape index (κ1) is 22.4. The topological polar surface area (TPSA) is 89.8 Å². The predicted molar refractivity (Wildman–Crippen MR) is 122 cm³/mol. The van der Waals surface area contributed by atoms with Crippen LogP contribution in [0.2, 0.25) is 10.2 Å². The molecule has 0 fully saturated rings. The van der Waals surface area contributed by atoms with Crippen molar-refractivity contribution in [2.75, 3.05) is 5.73 Å². The van der Waals surface area contributed by atoms with Gasteiger partial charge in [-0.05, 0) is 44.7 Å². The Kier molecular flexibility index (Phi) is 6.28. The van der Waals surface area contributed by atoms with Gasteiger partial charge in [0.1, 0.15) is 10.8 Å². The van der Waals surface area contributed by atoms with Crippen LogP contribution in [0.1, 0.15) is 49.6 Å². The van der Waals surface area contributed by atoms with Gasteiger partial charge < -0.3 is 15.4 Å². The molecular weight excluding hydrogens is 421 g/mol. The van der Waals surface area contributed by atoms with Crippen molar-refractivity contribution in [1.82, 2.24) is 19.5 Å². The number of anilines is 1. The molecule has 3 heterocycles. The van der Waals surface area contributed by atoms with Gasteiger partial charge in [-0.25, -0.2) is 4.98 Å². The minimum Gasteiger partial charge on any atom is -0.390 e. The van der Waals surface area contributed by atoms with Crippen LogP contribution >= 0.6 is 23.2 Å². The third kappa shape index (κ3) is 4.54. The number of aryl methyl sites for hydroxylation is 1. The normalized spacial score (nSPS) is 12.7. The smallest absolute Gasteiger partial charge is 0.223 e. The van der Waals surface area contributed by atoms with Crippen LogP contribution in [0, 0.1) is 31.6 Å². The Labute approximate surface area is 186 Å². The first-order chi connectivity index (χ1) is 14.0. The average molecular weight is 446 g/mol. The molecule has 0 aliphatic rings. The van der Waals surface area contributed by atoms with Crippen molar-refractivity contribution >= 4 is 40.2 Å². The van der Waals surface area contributed by atoms with E-state index < -0.39 is 5.60 Å². The van der Waals surface area contributed by atoms with E-state index in [1.165, 1.54) is 0 Å². The molecule has 3 aromatic rings. The zero-order chi connectivity index (χ0) is 22.2. The molecule has 0 aliphatic heterocycles. The third-order valence-electron chi connectivity index (χ3n) is 5.37. The minimum absolute atomic E-state index is 0.0160. The highest BCUT2D eigenvalue weighted by Gasteiger charge is 2.21. The highest BCUT2D eigenvalue weighted by molar-refractivity contribution is 6.34. The van der Waals surface area contributed by atoms with Crippen molar-refractivity contribution in [3.05, 3.63) is 45.0 Å². The van der Waals surface area contributed by atoms with Crippen molar-refractivity contribution in [1.29, 1.82) is 0 Å². The van der Waals surface area contributed by atoms with Crippen LogP contribution in [0.3, 0.4) is 0 Å². The maximum atomic E-state index is 10.1. The molecule has 158 valence electrons. The molecule has 0 saturated carbocycles. The lowest BCUT2D eigenvalue weighted by Crippen LogP contribution is -2.28. The second-order valence-electron chi connectivity index (χ2n) is 8.13. The van der Waals surface area contributed by atoms with Crippen molar-refractivity contribution in [3.63, 3.8) is 0 Å². The van der Waals surface area contributed by atoms with Crippen LogP contribution in [0.25, 0.3) is 11.0 Å². The summed E-state index contributed by atoms with van der Waals surface area (Å²) < 4.78 is 1.91. The Morgan fingerprint density at radius 1 is 1.27 bits per heavy atom. The van der Waals surface area contributed by atoms with Gasteiger partial charge in [0, 0.05) is 23.8 Å². The zero-order valence-electron chi connectivity index (χ0n) is 17.7. The summed E-state index contributed by atoms with van der Waals surface area (Å²) in [4.78, 5) is 13.0. The number of rotatable bonds is 4. The summed E-state index contributed by atoms with van der Waals surface area (Å²) in [5.74, 6) is 6.41. The fourth-order valence-electron chi connectivity index (χ4n) is 2.99. The maximum Gasteiger partial charge on any atom is 0.223 e. The van der Waals surface area contributed by atoms with Gasteiger partial charge in [-0.2, -0.15) is 4.98 Å². The largest absolute Gasteiger partial charge is 0.390 e. The van der Waals surface area contributed by atoms with E-state index in [2.05, 4.69) is 26.8 Å². The molecular formula is C22H25Cl2N5O. The SMILES string of the molecule is Cc1cnc(Cn2cc(C#CC[C@@H](C)C(C)(C)O)c3c(Cl)nc(N)nc32)c(C)c1Cl. The first-order valence-corrected chi connectivity index (χ1v) is 10.4. The van der Waals surface area contributed by atoms with Crippen LogP contribution < -0.4 is 5.73 Å². The van der Waals surface area contributed by atoms with Crippen LogP contribution in [0.4, 0.5) is 5.95 Å². The highest BCUT2D eigenvalue weighted by atomic mass is 35.5. The van der Waals surface area contributed by atoms with Gasteiger partial charge in [-0.3, -0.25) is 4.98 Å². The number of halogens is 2. The van der Waals surface area contributed by atoms with Crippen LogP contribution in [-0.4, -0.2) is 30.2 Å². The molecule has 0 unspecified atom stereocenters. The van der Waals surface area contributed by atoms with Crippen LogP contribution in [0.5, 0.6) is 0 Å². The van der Waals surface area contributed by atoms with E-state index in [1.54, 1.807) is 20.0 Å². The highest BCUT2D eigenvalue weighted by Crippen LogP contribution is 2.29. The molecule has 8 heteroatoms. The van der Waals surface area contributed by atoms with Gasteiger partial charge in [0.05, 0.1) is 28.8 Å². The number of hydrogen-bond donors (Lipinski definition) is 2. The Hall–Kier alpha value is -2.33. The number of nitrogens with zero attached hydrogens (tertiary/aromatic N) is 4. The predicted octanol–water partition coefficient (Wildman–Crippen LogP) is 4.53. The zero-order valence-corrected chi connectivity index (χ0v) is 19.2. The molecule has 0 aromatic carbocycles. The fraction of sp³-hybridized carbons (Fsp3) is 0.409. The van der Waals surface area contributed by atoms with Crippen molar-refractivity contribution in [2.45, 2.75) is 53.2 Å². The van der Waals surface area contributed by atoms with Crippen LogP contribution in [-0.2, 0) is 6.54 Å². The van der Waals surface area contributed by atoms with Gasteiger partial charge in [0.2, 0.25) is 5.95 Å². The molecule has 0 bridgehead atoms. The van der Waals surface area contributed by atoms with Crippen molar-refractivity contribution in [2.24, 2.45) is 5.92 Å². The summed E-state index contributed by atoms with van der Waals surface area (Å²) in [6.45, 7) is 9.83. The number of hydrogen-bond acceptors (Lipinski definition) is 5. The average Bonchev–Trinajstić information content (AvgIpc) is 2.99. The minimum atomic E-state index is -0.800. The summed E-state index contributed by atoms with van der Waals surface area (Å²) in [5.41, 5.74) is 9.00. The van der Waals surface area contributed by atoms with Gasteiger partial charge in [0.25, 0.3) is 0 Å². The number of aromatic nitrogens is 4. The van der Waals surface area contributed by atoms with Gasteiger partial charge in [0.15, 0.2) is 0 Å². The Morgan fingerprint density at radius 3 is 2.63 bits per heavy atom. The Balaban J connectivity index is 2.06. The van der Waals surface area contributed by atoms with Crippen molar-refractivity contribution in [3.8, 4) is 11.8 Å². The molecule has 3 N–H and O–H groups in total. The van der Waals surface area contributed by atoms with Gasteiger partial charge in [-0.15, -0.1) is 0 Å². The van der Waals surface area contributed by atoms with Gasteiger partial charge >= 0.3 is 0 Å². The molecule has 1 atom stereocenters. The lowest BCUT2D eigenvalue weighted by molar-refractivity contribution is 0.0270. The lowest BCUT2D eigenvalue weighted by Gasteiger charge is -2.23. The van der Waals surface area contributed by atoms with E-state index in [4.69, 9.17) is 28.9 Å². The Bertz CT molecular complexity index is 1170. The standard InChI is InChI=1S/C22H25Cl2N5O/c1-12-9-26-16(14(3)18(12)23)11-29-10-15(8-6-7-13(2)22(4,5)30)17-19(24)27-21(25)28-20(17)29/h9-10,13,30H,7,11H2,1-5H3,(H2,25,27,28)/t13-/m1/s1. The Morgan fingerprint density at radius 2 is 1.97 bits per heavy atom. The quantitative estimate of drug-likeness (QED) is 0.454. The molecule has 0 spiro atoms. The van der Waals surface area contributed by atoms with E-state index in [0.717, 1.165) is 16.8 Å². The molecule has 0 amide bonds. The maximum absolute atomic E-state index is 10.1. The summed E-state index contributed by atoms with van der Waals surface area (Å²) in [6, 6.07) is 0. The monoisotopic (exact) mass is 445 g/mol. The number of nitrogen functional groups attached to an aromatic ring is 1. The fourth-order valence-corrected chi connectivity index (χ4v) is 3.43. The number of fused-ring (bicyclic) bond motifs is 1. The second kappa shape index (κ2) is 8.43. The second-order valence-corrected chi connectivity index (χ2v) is 8.87. The van der Waals surface area contributed by atoms with E-state index in [0.29, 0.717) is 34.6 Å². The molecule has 0 aliphatic carbocycles. The number of aliphatic hydroxyl groups is 1. The summed E-state index contributed by atoms with van der Waals surface area (Å²) in [5, 5.41) is 11.7. The first-order valence-electron chi connectivity index (χ1n) is 9.62. The number of nitrogens with two attached hydrogens (primary N) is 1. The van der Waals surface area contributed by atoms with E-state index >= 15 is 0 Å². The van der Waals surface area contributed by atoms with Gasteiger partial charge in [-0.1, -0.05) is 42.0 Å². The van der Waals surface area contributed by atoms with Crippen LogP contribution in [0.15, 0.2) is 12.4 Å². The van der Waals surface area contributed by atoms with Crippen molar-refractivity contribution < 1.29 is 5.11 Å². The molecule has 30 heavy (non-hydrogen) atoms. The summed E-state index contributed by atoms with van der Waals surface area (Å²) >= 11 is 12.8. The lowest BCUT2D eigenvalue weighted by atomic mass is 9.90. The number of pyridine rings is 1. The molecule has 0 radical (unpaired) electrons. The molecule has 6 nitrogen and oxygen atoms in total. The molecule has 3 rings (SSSR count). The van der Waals surface area contributed by atoms with E-state index in [1.807, 2.05) is 31.5 Å². The van der Waals surface area contributed by atoms with E-state index in [9.17, 15) is 5.11 Å². The third-order valence-corrected chi connectivity index (χ3v) is 6.22. The van der Waals surface area contributed by atoms with E-state index in [-0.39, 0.29) is 17.0 Å². The summed E-state index contributed by atoms with van der Waals surface area (Å²) in [7, 11) is 0. The summed E-state index contributed by atoms with van der Waals surface area (Å²) in [6.07, 6.45) is 4.17. The molecule has 0 saturated heterocycles.